The zero-order valence-corrected chi connectivity index (χ0v) is 14.6. The Morgan fingerprint density at radius 3 is 2.70 bits per heavy atom. The van der Waals surface area contributed by atoms with E-state index in [4.69, 9.17) is 0 Å². The number of benzene rings is 1. The van der Waals surface area contributed by atoms with Crippen LogP contribution in [0.4, 0.5) is 0 Å². The summed E-state index contributed by atoms with van der Waals surface area (Å²) in [5.74, 6) is -0.787. The zero-order valence-electron chi connectivity index (χ0n) is 14.6. The second kappa shape index (κ2) is 7.16. The molecule has 0 fully saturated rings. The smallest absolute Gasteiger partial charge is 0.282 e. The number of aromatic hydroxyl groups is 2. The van der Waals surface area contributed by atoms with Crippen LogP contribution in [0.25, 0.3) is 5.82 Å². The lowest BCUT2D eigenvalue weighted by Gasteiger charge is -2.04. The molecule has 0 saturated carbocycles. The summed E-state index contributed by atoms with van der Waals surface area (Å²) in [7, 11) is 0. The fourth-order valence-corrected chi connectivity index (χ4v) is 2.58. The minimum atomic E-state index is -0.676. The third kappa shape index (κ3) is 3.56. The van der Waals surface area contributed by atoms with Gasteiger partial charge in [-0.1, -0.05) is 6.07 Å². The Hall–Kier alpha value is -3.88. The topological polar surface area (TPSA) is 133 Å². The number of hydrazone groups is 1. The van der Waals surface area contributed by atoms with E-state index in [2.05, 4.69) is 20.6 Å². The van der Waals surface area contributed by atoms with Gasteiger partial charge in [-0.3, -0.25) is 14.7 Å². The fourth-order valence-electron chi connectivity index (χ4n) is 2.58. The number of pyridine rings is 1. The Balaban J connectivity index is 1.88. The maximum absolute atomic E-state index is 12.7. The van der Waals surface area contributed by atoms with Crippen LogP contribution in [0.1, 0.15) is 28.5 Å². The van der Waals surface area contributed by atoms with Gasteiger partial charge in [0.2, 0.25) is 0 Å². The number of phenolic OH excluding ortho intramolecular Hbond substituents is 2. The van der Waals surface area contributed by atoms with Crippen molar-refractivity contribution in [3.05, 3.63) is 69.8 Å². The van der Waals surface area contributed by atoms with E-state index in [1.165, 1.54) is 16.8 Å². The van der Waals surface area contributed by atoms with E-state index < -0.39 is 5.91 Å². The molecule has 3 rings (SSSR count). The number of H-pyrrole nitrogens is 1. The summed E-state index contributed by atoms with van der Waals surface area (Å²) >= 11 is 0. The van der Waals surface area contributed by atoms with Gasteiger partial charge in [-0.25, -0.2) is 15.1 Å². The third-order valence-corrected chi connectivity index (χ3v) is 3.86. The minimum Gasteiger partial charge on any atom is -0.508 e. The van der Waals surface area contributed by atoms with Crippen LogP contribution in [0.15, 0.2) is 52.5 Å². The third-order valence-electron chi connectivity index (χ3n) is 3.86. The van der Waals surface area contributed by atoms with Crippen molar-refractivity contribution in [2.45, 2.75) is 13.8 Å². The highest BCUT2D eigenvalue weighted by Crippen LogP contribution is 2.22. The van der Waals surface area contributed by atoms with Crippen molar-refractivity contribution in [3.8, 4) is 17.3 Å². The number of aromatic amines is 1. The van der Waals surface area contributed by atoms with Crippen LogP contribution >= 0.6 is 0 Å². The first-order valence-electron chi connectivity index (χ1n) is 7.98. The van der Waals surface area contributed by atoms with Gasteiger partial charge in [-0.15, -0.1) is 0 Å². The van der Waals surface area contributed by atoms with Crippen molar-refractivity contribution in [1.82, 2.24) is 20.2 Å². The van der Waals surface area contributed by atoms with Crippen molar-refractivity contribution in [1.29, 1.82) is 0 Å². The molecule has 9 nitrogen and oxygen atoms in total. The summed E-state index contributed by atoms with van der Waals surface area (Å²) in [6, 6.07) is 8.77. The minimum absolute atomic E-state index is 0.0546. The highest BCUT2D eigenvalue weighted by atomic mass is 16.3. The van der Waals surface area contributed by atoms with E-state index in [1.54, 1.807) is 38.2 Å². The van der Waals surface area contributed by atoms with Crippen LogP contribution in [0, 0.1) is 6.92 Å². The normalized spacial score (nSPS) is 11.4. The van der Waals surface area contributed by atoms with Crippen molar-refractivity contribution >= 4 is 11.6 Å². The monoisotopic (exact) mass is 367 g/mol. The van der Waals surface area contributed by atoms with E-state index in [-0.39, 0.29) is 28.3 Å². The molecule has 4 N–H and O–H groups in total. The Bertz CT molecular complexity index is 1080. The zero-order chi connectivity index (χ0) is 19.6. The van der Waals surface area contributed by atoms with Gasteiger partial charge in [0.05, 0.1) is 16.8 Å². The van der Waals surface area contributed by atoms with E-state index in [0.29, 0.717) is 17.1 Å². The Kier molecular flexibility index (Phi) is 4.75. The number of aryl methyl sites for hydroxylation is 1. The van der Waals surface area contributed by atoms with Crippen molar-refractivity contribution in [2.24, 2.45) is 5.10 Å². The fraction of sp³-hybridized carbons (Fsp3) is 0.111. The molecule has 9 heteroatoms. The largest absolute Gasteiger partial charge is 0.508 e. The predicted molar refractivity (Wildman–Crippen MR) is 98.4 cm³/mol. The second-order valence-electron chi connectivity index (χ2n) is 5.78. The SMILES string of the molecule is CC(=NNC(=O)c1ccc(O)cc1O)c1c(C)[nH]n(-c2ccccn2)c1=O. The van der Waals surface area contributed by atoms with Crippen molar-refractivity contribution in [3.63, 3.8) is 0 Å². The molecule has 0 unspecified atom stereocenters. The van der Waals surface area contributed by atoms with Crippen molar-refractivity contribution < 1.29 is 15.0 Å². The number of phenols is 2. The first-order chi connectivity index (χ1) is 12.9. The maximum Gasteiger partial charge on any atom is 0.282 e. The second-order valence-corrected chi connectivity index (χ2v) is 5.78. The molecule has 2 aromatic heterocycles. The molecule has 3 aromatic rings. The van der Waals surface area contributed by atoms with Gasteiger partial charge in [-0.2, -0.15) is 5.10 Å². The van der Waals surface area contributed by atoms with Gasteiger partial charge in [0, 0.05) is 18.0 Å². The first kappa shape index (κ1) is 17.9. The van der Waals surface area contributed by atoms with Crippen LogP contribution in [-0.4, -0.2) is 36.6 Å². The molecule has 27 heavy (non-hydrogen) atoms. The van der Waals surface area contributed by atoms with E-state index >= 15 is 0 Å². The number of carbonyl (C=O) groups excluding carboxylic acids is 1. The van der Waals surface area contributed by atoms with Gasteiger partial charge in [-0.05, 0) is 38.1 Å². The first-order valence-corrected chi connectivity index (χ1v) is 7.98. The lowest BCUT2D eigenvalue weighted by atomic mass is 10.2. The molecule has 0 aliphatic heterocycles. The number of amides is 1. The summed E-state index contributed by atoms with van der Waals surface area (Å²) in [6.07, 6.45) is 1.57. The summed E-state index contributed by atoms with van der Waals surface area (Å²) < 4.78 is 1.29. The number of carbonyl (C=O) groups is 1. The van der Waals surface area contributed by atoms with Gasteiger partial charge in [0.25, 0.3) is 11.5 Å². The quantitative estimate of drug-likeness (QED) is 0.409. The molecule has 0 aliphatic carbocycles. The number of hydrogen-bond acceptors (Lipinski definition) is 6. The van der Waals surface area contributed by atoms with Crippen molar-refractivity contribution in [2.75, 3.05) is 0 Å². The molecule has 0 saturated heterocycles. The lowest BCUT2D eigenvalue weighted by Crippen LogP contribution is -2.23. The molecule has 0 radical (unpaired) electrons. The van der Waals surface area contributed by atoms with Gasteiger partial charge >= 0.3 is 0 Å². The average molecular weight is 367 g/mol. The highest BCUT2D eigenvalue weighted by molar-refractivity contribution is 6.02. The molecule has 0 spiro atoms. The predicted octanol–water partition coefficient (Wildman–Crippen LogP) is 1.43. The van der Waals surface area contributed by atoms with E-state index in [0.717, 1.165) is 6.07 Å². The maximum atomic E-state index is 12.7. The van der Waals surface area contributed by atoms with Crippen LogP contribution in [0.2, 0.25) is 0 Å². The van der Waals surface area contributed by atoms with Crippen LogP contribution in [0.5, 0.6) is 11.5 Å². The molecule has 138 valence electrons. The number of nitrogens with one attached hydrogen (secondary N) is 2. The molecule has 1 amide bonds. The van der Waals surface area contributed by atoms with E-state index in [1.807, 2.05) is 0 Å². The van der Waals surface area contributed by atoms with Crippen LogP contribution < -0.4 is 11.0 Å². The number of hydrogen-bond donors (Lipinski definition) is 4. The van der Waals surface area contributed by atoms with Crippen LogP contribution in [-0.2, 0) is 0 Å². The summed E-state index contributed by atoms with van der Waals surface area (Å²) in [4.78, 5) is 28.9. The summed E-state index contributed by atoms with van der Waals surface area (Å²) in [5.41, 5.74) is 3.04. The molecule has 0 atom stereocenters. The summed E-state index contributed by atoms with van der Waals surface area (Å²) in [5, 5.41) is 25.9. The highest BCUT2D eigenvalue weighted by Gasteiger charge is 2.17. The molecular formula is C18H17N5O4. The van der Waals surface area contributed by atoms with Gasteiger partial charge in [0.1, 0.15) is 11.5 Å². The number of nitrogens with zero attached hydrogens (tertiary/aromatic N) is 3. The number of rotatable bonds is 4. The average Bonchev–Trinajstić information content (AvgIpc) is 2.94. The Morgan fingerprint density at radius 1 is 1.26 bits per heavy atom. The molecule has 0 aliphatic rings. The molecule has 0 bridgehead atoms. The molecule has 1 aromatic carbocycles. The number of aromatic nitrogens is 3. The van der Waals surface area contributed by atoms with Gasteiger partial charge in [0.15, 0.2) is 5.82 Å². The molecular weight excluding hydrogens is 350 g/mol. The lowest BCUT2D eigenvalue weighted by molar-refractivity contribution is 0.0952. The van der Waals surface area contributed by atoms with E-state index in [9.17, 15) is 19.8 Å². The Morgan fingerprint density at radius 2 is 2.04 bits per heavy atom. The standard InChI is InChI=1S/C18H17N5O4/c1-10(20-21-17(26)13-7-6-12(24)9-14(13)25)16-11(2)22-23(18(16)27)15-5-3-4-8-19-15/h3-9,22,24-25H,1-2H3,(H,21,26). The molecule has 2 heterocycles. The van der Waals surface area contributed by atoms with Crippen LogP contribution in [0.3, 0.4) is 0 Å². The Labute approximate surface area is 153 Å². The van der Waals surface area contributed by atoms with Gasteiger partial charge < -0.3 is 10.2 Å². The summed E-state index contributed by atoms with van der Waals surface area (Å²) in [6.45, 7) is 3.29.